The van der Waals surface area contributed by atoms with Crippen LogP contribution in [-0.2, 0) is 0 Å². The molecule has 1 atom stereocenters. The fourth-order valence-electron chi connectivity index (χ4n) is 4.07. The van der Waals surface area contributed by atoms with Crippen LogP contribution in [0.1, 0.15) is 65.9 Å². The Bertz CT molecular complexity index is 793. The van der Waals surface area contributed by atoms with E-state index in [1.807, 2.05) is 35.9 Å². The van der Waals surface area contributed by atoms with Crippen molar-refractivity contribution >= 4 is 17.5 Å². The van der Waals surface area contributed by atoms with Crippen molar-refractivity contribution in [3.05, 3.63) is 46.2 Å². The highest BCUT2D eigenvalue weighted by Crippen LogP contribution is 2.38. The van der Waals surface area contributed by atoms with Crippen LogP contribution in [0.15, 0.2) is 24.3 Å². The van der Waals surface area contributed by atoms with Gasteiger partial charge in [0.2, 0.25) is 0 Å². The summed E-state index contributed by atoms with van der Waals surface area (Å²) in [6, 6.07) is 8.08. The second kappa shape index (κ2) is 7.98. The molecule has 4 rings (SSSR count). The molecular weight excluding hydrogens is 362 g/mol. The number of hydrogen-bond acceptors (Lipinski definition) is 4. The second-order valence-electron chi connectivity index (χ2n) is 7.64. The Morgan fingerprint density at radius 3 is 2.56 bits per heavy atom. The van der Waals surface area contributed by atoms with Gasteiger partial charge in [-0.1, -0.05) is 35.4 Å². The van der Waals surface area contributed by atoms with Gasteiger partial charge in [0.05, 0.1) is 17.8 Å². The van der Waals surface area contributed by atoms with Crippen molar-refractivity contribution in [2.45, 2.75) is 51.1 Å². The van der Waals surface area contributed by atoms with E-state index < -0.39 is 0 Å². The van der Waals surface area contributed by atoms with E-state index in [0.29, 0.717) is 22.7 Å². The van der Waals surface area contributed by atoms with Gasteiger partial charge in [-0.15, -0.1) is 5.10 Å². The lowest BCUT2D eigenvalue weighted by atomic mass is 9.77. The van der Waals surface area contributed by atoms with Gasteiger partial charge in [0, 0.05) is 5.02 Å². The molecule has 1 aliphatic carbocycles. The molecule has 2 aromatic rings. The quantitative estimate of drug-likeness (QED) is 0.824. The van der Waals surface area contributed by atoms with E-state index in [9.17, 15) is 4.79 Å². The summed E-state index contributed by atoms with van der Waals surface area (Å²) in [4.78, 5) is 13.0. The lowest BCUT2D eigenvalue weighted by Crippen LogP contribution is -2.36. The second-order valence-corrected chi connectivity index (χ2v) is 8.08. The first-order chi connectivity index (χ1) is 13.1. The highest BCUT2D eigenvalue weighted by atomic mass is 35.5. The van der Waals surface area contributed by atoms with Crippen LogP contribution in [0.3, 0.4) is 0 Å². The average Bonchev–Trinajstić information content (AvgIpc) is 3.02. The van der Waals surface area contributed by atoms with Gasteiger partial charge in [0.25, 0.3) is 5.91 Å². The van der Waals surface area contributed by atoms with Crippen molar-refractivity contribution in [2.75, 3.05) is 13.1 Å². The van der Waals surface area contributed by atoms with Crippen molar-refractivity contribution < 1.29 is 4.79 Å². The minimum absolute atomic E-state index is 0.00746. The highest BCUT2D eigenvalue weighted by molar-refractivity contribution is 6.30. The van der Waals surface area contributed by atoms with Crippen molar-refractivity contribution in [3.63, 3.8) is 0 Å². The molecule has 2 fully saturated rings. The van der Waals surface area contributed by atoms with Crippen molar-refractivity contribution in [1.29, 1.82) is 0 Å². The Hall–Kier alpha value is -1.92. The zero-order chi connectivity index (χ0) is 18.8. The summed E-state index contributed by atoms with van der Waals surface area (Å²) in [5, 5.41) is 15.8. The van der Waals surface area contributed by atoms with Gasteiger partial charge in [0.15, 0.2) is 5.69 Å². The molecule has 1 aromatic heterocycles. The molecule has 1 amide bonds. The molecule has 0 radical (unpaired) electrons. The molecule has 6 nitrogen and oxygen atoms in total. The van der Waals surface area contributed by atoms with Crippen LogP contribution in [-0.4, -0.2) is 34.0 Å². The third-order valence-electron chi connectivity index (χ3n) is 5.93. The standard InChI is InChI=1S/C20H26ClN5O/c1-13-18(24-25-26(13)17-9-11-22-12-10-17)20(27)23-19(14-3-2-4-14)15-5-7-16(21)8-6-15/h5-8,14,17,19,22H,2-4,9-12H2,1H3,(H,23,27). The summed E-state index contributed by atoms with van der Waals surface area (Å²) in [7, 11) is 0. The SMILES string of the molecule is Cc1c(C(=O)NC(c2ccc(Cl)cc2)C2CCC2)nnn1C1CCNCC1. The van der Waals surface area contributed by atoms with Crippen molar-refractivity contribution in [2.24, 2.45) is 5.92 Å². The largest absolute Gasteiger partial charge is 0.343 e. The van der Waals surface area contributed by atoms with Gasteiger partial charge in [-0.3, -0.25) is 4.79 Å². The number of carbonyl (C=O) groups excluding carboxylic acids is 1. The first-order valence-corrected chi connectivity index (χ1v) is 10.2. The summed E-state index contributed by atoms with van der Waals surface area (Å²) in [5.41, 5.74) is 2.38. The van der Waals surface area contributed by atoms with Crippen LogP contribution in [0, 0.1) is 12.8 Å². The molecule has 0 spiro atoms. The summed E-state index contributed by atoms with van der Waals surface area (Å²) >= 11 is 6.03. The number of rotatable bonds is 5. The normalized spacial score (nSPS) is 19.5. The Morgan fingerprint density at radius 2 is 1.93 bits per heavy atom. The molecule has 1 aliphatic heterocycles. The summed E-state index contributed by atoms with van der Waals surface area (Å²) in [6.45, 7) is 3.90. The maximum Gasteiger partial charge on any atom is 0.274 e. The van der Waals surface area contributed by atoms with Gasteiger partial charge < -0.3 is 10.6 Å². The van der Waals surface area contributed by atoms with E-state index in [1.54, 1.807) is 0 Å². The van der Waals surface area contributed by atoms with Gasteiger partial charge in [-0.05, 0) is 69.3 Å². The van der Waals surface area contributed by atoms with Crippen LogP contribution >= 0.6 is 11.6 Å². The van der Waals surface area contributed by atoms with Gasteiger partial charge in [-0.2, -0.15) is 0 Å². The fourth-order valence-corrected chi connectivity index (χ4v) is 4.20. The Morgan fingerprint density at radius 1 is 1.22 bits per heavy atom. The molecule has 144 valence electrons. The van der Waals surface area contributed by atoms with Gasteiger partial charge >= 0.3 is 0 Å². The van der Waals surface area contributed by atoms with E-state index in [2.05, 4.69) is 20.9 Å². The summed E-state index contributed by atoms with van der Waals surface area (Å²) in [5.74, 6) is 0.328. The topological polar surface area (TPSA) is 71.8 Å². The molecule has 2 N–H and O–H groups in total. The average molecular weight is 388 g/mol. The van der Waals surface area contributed by atoms with E-state index in [-0.39, 0.29) is 11.9 Å². The molecule has 1 saturated heterocycles. The molecule has 2 heterocycles. The van der Waals surface area contributed by atoms with Crippen LogP contribution in [0.4, 0.5) is 0 Å². The van der Waals surface area contributed by atoms with E-state index >= 15 is 0 Å². The molecule has 1 saturated carbocycles. The van der Waals surface area contributed by atoms with Crippen LogP contribution in [0.5, 0.6) is 0 Å². The minimum Gasteiger partial charge on any atom is -0.343 e. The number of halogens is 1. The van der Waals surface area contributed by atoms with Gasteiger partial charge in [-0.25, -0.2) is 4.68 Å². The lowest BCUT2D eigenvalue weighted by Gasteiger charge is -2.34. The molecule has 2 aliphatic rings. The molecule has 1 unspecified atom stereocenters. The van der Waals surface area contributed by atoms with Crippen molar-refractivity contribution in [1.82, 2.24) is 25.6 Å². The van der Waals surface area contributed by atoms with Gasteiger partial charge in [0.1, 0.15) is 0 Å². The third-order valence-corrected chi connectivity index (χ3v) is 6.19. The number of carbonyl (C=O) groups is 1. The zero-order valence-corrected chi connectivity index (χ0v) is 16.4. The predicted octanol–water partition coefficient (Wildman–Crippen LogP) is 3.44. The number of nitrogens with one attached hydrogen (secondary N) is 2. The minimum atomic E-state index is -0.139. The Labute approximate surface area is 164 Å². The molecule has 1 aromatic carbocycles. The first kappa shape index (κ1) is 18.4. The van der Waals surface area contributed by atoms with Crippen molar-refractivity contribution in [3.8, 4) is 0 Å². The number of nitrogens with zero attached hydrogens (tertiary/aromatic N) is 3. The maximum absolute atomic E-state index is 13.0. The monoisotopic (exact) mass is 387 g/mol. The molecule has 0 bridgehead atoms. The molecular formula is C20H26ClN5O. The number of benzene rings is 1. The lowest BCUT2D eigenvalue weighted by molar-refractivity contribution is 0.0894. The zero-order valence-electron chi connectivity index (χ0n) is 15.6. The van der Waals surface area contributed by atoms with E-state index in [1.165, 1.54) is 6.42 Å². The number of piperidine rings is 1. The van der Waals surface area contributed by atoms with Crippen LogP contribution < -0.4 is 10.6 Å². The Kier molecular flexibility index (Phi) is 5.45. The first-order valence-electron chi connectivity index (χ1n) is 9.82. The highest BCUT2D eigenvalue weighted by Gasteiger charge is 2.31. The van der Waals surface area contributed by atoms with Crippen LogP contribution in [0.25, 0.3) is 0 Å². The predicted molar refractivity (Wildman–Crippen MR) is 105 cm³/mol. The molecule has 7 heteroatoms. The number of amides is 1. The number of hydrogen-bond donors (Lipinski definition) is 2. The fraction of sp³-hybridized carbons (Fsp3) is 0.550. The molecule has 27 heavy (non-hydrogen) atoms. The maximum atomic E-state index is 13.0. The van der Waals surface area contributed by atoms with Crippen LogP contribution in [0.2, 0.25) is 5.02 Å². The summed E-state index contributed by atoms with van der Waals surface area (Å²) in [6.07, 6.45) is 5.51. The van der Waals surface area contributed by atoms with E-state index in [4.69, 9.17) is 11.6 Å². The number of aromatic nitrogens is 3. The smallest absolute Gasteiger partial charge is 0.274 e. The third kappa shape index (κ3) is 3.87. The van der Waals surface area contributed by atoms with E-state index in [0.717, 1.165) is 50.0 Å². The summed E-state index contributed by atoms with van der Waals surface area (Å²) < 4.78 is 1.93. The Balaban J connectivity index is 1.52.